The average molecular weight is 895 g/mol. The van der Waals surface area contributed by atoms with E-state index in [2.05, 4.69) is 246 Å². The van der Waals surface area contributed by atoms with Crippen LogP contribution in [-0.4, -0.2) is 28.7 Å². The van der Waals surface area contributed by atoms with Crippen LogP contribution in [0.1, 0.15) is 18.2 Å². The average Bonchev–Trinajstić information content (AvgIpc) is 4.05. The van der Waals surface area contributed by atoms with Gasteiger partial charge in [0, 0.05) is 54.7 Å². The molecule has 0 aliphatic heterocycles. The summed E-state index contributed by atoms with van der Waals surface area (Å²) in [7, 11) is 0. The van der Waals surface area contributed by atoms with Crippen LogP contribution < -0.4 is 0 Å². The first kappa shape index (κ1) is 39.7. The van der Waals surface area contributed by atoms with Gasteiger partial charge >= 0.3 is 0 Å². The van der Waals surface area contributed by atoms with Crippen molar-refractivity contribution in [3.8, 4) is 40.1 Å². The molecule has 0 bridgehead atoms. The van der Waals surface area contributed by atoms with Crippen LogP contribution in [0, 0.1) is 0 Å². The second-order valence-electron chi connectivity index (χ2n) is 17.9. The van der Waals surface area contributed by atoms with Crippen molar-refractivity contribution in [2.45, 2.75) is 6.92 Å². The molecule has 70 heavy (non-hydrogen) atoms. The molecular formula is C64H42N6. The summed E-state index contributed by atoms with van der Waals surface area (Å²) in [5.74, 6) is 1.77. The second kappa shape index (κ2) is 15.6. The van der Waals surface area contributed by atoms with Gasteiger partial charge in [-0.25, -0.2) is 4.98 Å². The van der Waals surface area contributed by atoms with Gasteiger partial charge in [0.15, 0.2) is 11.6 Å². The minimum atomic E-state index is 0.546. The molecular weight excluding hydrogens is 853 g/mol. The van der Waals surface area contributed by atoms with Gasteiger partial charge < -0.3 is 9.13 Å². The molecule has 0 fully saturated rings. The van der Waals surface area contributed by atoms with Crippen LogP contribution in [0.4, 0.5) is 0 Å². The Labute approximate surface area is 403 Å². The summed E-state index contributed by atoms with van der Waals surface area (Å²) in [5, 5.41) is 12.6. The second-order valence-corrected chi connectivity index (χ2v) is 17.9. The minimum absolute atomic E-state index is 0.546. The number of para-hydroxylation sites is 2. The fourth-order valence-corrected chi connectivity index (χ4v) is 11.2. The van der Waals surface area contributed by atoms with Crippen molar-refractivity contribution in [2.75, 3.05) is 0 Å². The summed E-state index contributed by atoms with van der Waals surface area (Å²) in [6, 6.07) is 73.5. The van der Waals surface area contributed by atoms with E-state index in [4.69, 9.17) is 15.0 Å². The van der Waals surface area contributed by atoms with Crippen LogP contribution in [0.2, 0.25) is 0 Å². The van der Waals surface area contributed by atoms with Gasteiger partial charge in [0.2, 0.25) is 5.95 Å². The normalized spacial score (nSPS) is 12.1. The van der Waals surface area contributed by atoms with E-state index < -0.39 is 0 Å². The van der Waals surface area contributed by atoms with Gasteiger partial charge in [-0.2, -0.15) is 9.97 Å². The molecule has 328 valence electrons. The smallest absolute Gasteiger partial charge is 0.238 e. The van der Waals surface area contributed by atoms with Crippen LogP contribution in [0.3, 0.4) is 0 Å². The van der Waals surface area contributed by atoms with E-state index in [0.717, 1.165) is 99.0 Å². The van der Waals surface area contributed by atoms with Crippen LogP contribution >= 0.6 is 0 Å². The van der Waals surface area contributed by atoms with E-state index in [1.165, 1.54) is 21.5 Å². The maximum absolute atomic E-state index is 5.44. The first-order valence-electron chi connectivity index (χ1n) is 23.8. The SMILES string of the molecule is C=Cc1c(/C=C\C)n(-c2ccc3c4ccccc4n(-c4nc(-c5cccc6ccccc56)nc(-c5cccc6ccccc56)n4)c3c2)c2ccc3c(c4ccccc4n3-c3cccc4ccccc34)c12. The molecule has 0 amide bonds. The molecule has 0 spiro atoms. The van der Waals surface area contributed by atoms with Crippen molar-refractivity contribution >= 4 is 99.0 Å². The molecule has 0 radical (unpaired) electrons. The number of allylic oxidation sites excluding steroid dienone is 1. The molecule has 0 unspecified atom stereocenters. The summed E-state index contributed by atoms with van der Waals surface area (Å²) in [6.07, 6.45) is 6.37. The predicted octanol–water partition coefficient (Wildman–Crippen LogP) is 16.5. The molecule has 0 saturated carbocycles. The summed E-state index contributed by atoms with van der Waals surface area (Å²) in [6.45, 7) is 6.56. The lowest BCUT2D eigenvalue weighted by Gasteiger charge is -2.14. The van der Waals surface area contributed by atoms with Crippen LogP contribution in [-0.2, 0) is 0 Å². The Balaban J connectivity index is 1.06. The number of fused-ring (bicyclic) bond motifs is 11. The van der Waals surface area contributed by atoms with Crippen molar-refractivity contribution in [3.63, 3.8) is 0 Å². The van der Waals surface area contributed by atoms with Gasteiger partial charge in [0.05, 0.1) is 39.0 Å². The van der Waals surface area contributed by atoms with Gasteiger partial charge in [-0.3, -0.25) is 4.57 Å². The van der Waals surface area contributed by atoms with Gasteiger partial charge in [-0.15, -0.1) is 0 Å². The number of hydrogen-bond donors (Lipinski definition) is 0. The summed E-state index contributed by atoms with van der Waals surface area (Å²) >= 11 is 0. The lowest BCUT2D eigenvalue weighted by molar-refractivity contribution is 0.954. The van der Waals surface area contributed by atoms with Crippen molar-refractivity contribution in [1.29, 1.82) is 0 Å². The fraction of sp³-hybridized carbons (Fsp3) is 0.0156. The topological polar surface area (TPSA) is 53.5 Å². The largest absolute Gasteiger partial charge is 0.309 e. The molecule has 14 aromatic rings. The highest BCUT2D eigenvalue weighted by Gasteiger charge is 2.25. The summed E-state index contributed by atoms with van der Waals surface area (Å²) < 4.78 is 7.06. The molecule has 0 atom stereocenters. The molecule has 6 heteroatoms. The predicted molar refractivity (Wildman–Crippen MR) is 294 cm³/mol. The molecule has 0 saturated heterocycles. The molecule has 0 aliphatic carbocycles. The third-order valence-corrected chi connectivity index (χ3v) is 14.2. The first-order chi connectivity index (χ1) is 34.7. The quantitative estimate of drug-likeness (QED) is 0.160. The Hall–Kier alpha value is -9.39. The van der Waals surface area contributed by atoms with E-state index in [0.29, 0.717) is 17.6 Å². The van der Waals surface area contributed by atoms with Gasteiger partial charge in [-0.05, 0) is 82.4 Å². The van der Waals surface area contributed by atoms with E-state index in [1.807, 2.05) is 6.08 Å². The molecule has 6 nitrogen and oxygen atoms in total. The van der Waals surface area contributed by atoms with Gasteiger partial charge in [0.25, 0.3) is 0 Å². The highest BCUT2D eigenvalue weighted by atomic mass is 15.2. The van der Waals surface area contributed by atoms with E-state index in [-0.39, 0.29) is 0 Å². The van der Waals surface area contributed by atoms with Gasteiger partial charge in [-0.1, -0.05) is 183 Å². The highest BCUT2D eigenvalue weighted by molar-refractivity contribution is 6.24. The number of rotatable bonds is 7. The molecule has 10 aromatic carbocycles. The summed E-state index contributed by atoms with van der Waals surface area (Å²) in [4.78, 5) is 16.2. The Morgan fingerprint density at radius 1 is 0.400 bits per heavy atom. The molecule has 0 N–H and O–H groups in total. The van der Waals surface area contributed by atoms with Crippen LogP contribution in [0.15, 0.2) is 219 Å². The Bertz CT molecular complexity index is 4410. The van der Waals surface area contributed by atoms with E-state index >= 15 is 0 Å². The van der Waals surface area contributed by atoms with Crippen molar-refractivity contribution in [3.05, 3.63) is 230 Å². The minimum Gasteiger partial charge on any atom is -0.309 e. The number of nitrogens with zero attached hydrogens (tertiary/aromatic N) is 6. The Kier molecular flexibility index (Phi) is 8.85. The van der Waals surface area contributed by atoms with E-state index in [1.54, 1.807) is 0 Å². The zero-order valence-corrected chi connectivity index (χ0v) is 38.3. The standard InChI is InChI=1S/C64H42N6/c1-3-18-53-44(4-2)60-57(37-38-58-61(60)52-29-12-14-33-56(52)69(58)54-34-17-24-42-21-7-10-27-47(42)54)68(53)43-35-36-49-48-28-11-13-32-55(48)70(59(49)39-43)64-66-62(50-30-15-22-40-19-5-8-25-45(40)50)65-63(67-64)51-31-16-23-41-20-6-9-26-46(41)51/h3-39H,2H2,1H3/b18-3-. The summed E-state index contributed by atoms with van der Waals surface area (Å²) in [5.41, 5.74) is 11.6. The fourth-order valence-electron chi connectivity index (χ4n) is 11.2. The third kappa shape index (κ3) is 5.83. The number of benzene rings is 10. The van der Waals surface area contributed by atoms with Crippen molar-refractivity contribution in [2.24, 2.45) is 0 Å². The van der Waals surface area contributed by atoms with Crippen molar-refractivity contribution < 1.29 is 0 Å². The zero-order chi connectivity index (χ0) is 46.5. The Morgan fingerprint density at radius 3 is 1.56 bits per heavy atom. The molecule has 4 heterocycles. The first-order valence-corrected chi connectivity index (χ1v) is 23.8. The maximum Gasteiger partial charge on any atom is 0.238 e. The molecule has 4 aromatic heterocycles. The zero-order valence-electron chi connectivity index (χ0n) is 38.3. The lowest BCUT2D eigenvalue weighted by atomic mass is 10.0. The van der Waals surface area contributed by atoms with Gasteiger partial charge in [0.1, 0.15) is 0 Å². The molecule has 0 aliphatic rings. The third-order valence-electron chi connectivity index (χ3n) is 14.2. The lowest BCUT2D eigenvalue weighted by Crippen LogP contribution is -2.07. The van der Waals surface area contributed by atoms with Crippen LogP contribution in [0.5, 0.6) is 0 Å². The number of aromatic nitrogens is 6. The Morgan fingerprint density at radius 2 is 0.914 bits per heavy atom. The number of hydrogen-bond acceptors (Lipinski definition) is 3. The highest BCUT2D eigenvalue weighted by Crippen LogP contribution is 2.44. The van der Waals surface area contributed by atoms with E-state index in [9.17, 15) is 0 Å². The molecule has 14 rings (SSSR count). The maximum atomic E-state index is 5.44. The van der Waals surface area contributed by atoms with Crippen molar-refractivity contribution in [1.82, 2.24) is 28.7 Å². The monoisotopic (exact) mass is 894 g/mol. The van der Waals surface area contributed by atoms with Crippen LogP contribution in [0.25, 0.3) is 139 Å².